The molecule has 2 aliphatic carbocycles. The van der Waals surface area contributed by atoms with Gasteiger partial charge < -0.3 is 9.80 Å². The van der Waals surface area contributed by atoms with Crippen molar-refractivity contribution in [3.05, 3.63) is 252 Å². The number of anilines is 6. The molecule has 61 heavy (non-hydrogen) atoms. The molecule has 0 unspecified atom stereocenters. The molecule has 0 saturated heterocycles. The molecule has 0 fully saturated rings. The first-order valence-corrected chi connectivity index (χ1v) is 20.6. The predicted molar refractivity (Wildman–Crippen MR) is 247 cm³/mol. The molecule has 10 aromatic carbocycles. The van der Waals surface area contributed by atoms with Crippen molar-refractivity contribution in [2.75, 3.05) is 9.80 Å². The van der Waals surface area contributed by atoms with Crippen molar-refractivity contribution in [1.29, 1.82) is 0 Å². The Morgan fingerprint density at radius 3 is 1.11 bits per heavy atom. The topological polar surface area (TPSA) is 6.48 Å². The van der Waals surface area contributed by atoms with E-state index in [0.717, 1.165) is 44.3 Å². The molecule has 1 spiro atoms. The van der Waals surface area contributed by atoms with Gasteiger partial charge >= 0.3 is 0 Å². The van der Waals surface area contributed by atoms with Gasteiger partial charge in [-0.25, -0.2) is 8.78 Å². The summed E-state index contributed by atoms with van der Waals surface area (Å²) in [6.07, 6.45) is 0. The van der Waals surface area contributed by atoms with Crippen LogP contribution in [0.25, 0.3) is 43.8 Å². The van der Waals surface area contributed by atoms with Gasteiger partial charge in [-0.1, -0.05) is 121 Å². The third kappa shape index (κ3) is 5.25. The molecule has 4 heteroatoms. The van der Waals surface area contributed by atoms with Crippen molar-refractivity contribution >= 4 is 55.7 Å². The molecule has 12 rings (SSSR count). The Kier molecular flexibility index (Phi) is 7.85. The van der Waals surface area contributed by atoms with Crippen molar-refractivity contribution < 1.29 is 8.78 Å². The lowest BCUT2D eigenvalue weighted by Gasteiger charge is -2.31. The third-order valence-electron chi connectivity index (χ3n) is 12.7. The molecule has 10 aromatic rings. The van der Waals surface area contributed by atoms with E-state index >= 15 is 8.78 Å². The van der Waals surface area contributed by atoms with Crippen molar-refractivity contribution in [2.24, 2.45) is 0 Å². The Labute approximate surface area is 352 Å². The van der Waals surface area contributed by atoms with Crippen LogP contribution in [0, 0.1) is 11.6 Å². The molecule has 288 valence electrons. The van der Waals surface area contributed by atoms with Gasteiger partial charge in [0.1, 0.15) is 11.6 Å². The van der Waals surface area contributed by atoms with Crippen molar-refractivity contribution in [1.82, 2.24) is 0 Å². The highest BCUT2D eigenvalue weighted by Crippen LogP contribution is 2.64. The van der Waals surface area contributed by atoms with Gasteiger partial charge in [-0.05, 0) is 163 Å². The summed E-state index contributed by atoms with van der Waals surface area (Å²) in [5.41, 5.74) is 13.6. The van der Waals surface area contributed by atoms with Gasteiger partial charge in [0, 0.05) is 22.7 Å². The number of para-hydroxylation sites is 4. The Morgan fingerprint density at radius 2 is 0.672 bits per heavy atom. The van der Waals surface area contributed by atoms with Crippen LogP contribution in [0.2, 0.25) is 0 Å². The van der Waals surface area contributed by atoms with Crippen molar-refractivity contribution in [3.8, 4) is 22.3 Å². The molecule has 0 saturated carbocycles. The number of hydrogen-bond donors (Lipinski definition) is 0. The summed E-state index contributed by atoms with van der Waals surface area (Å²) in [7, 11) is 0. The number of rotatable bonds is 6. The standard InChI is InChI=1S/C57H36F2N2/c58-53-23-11-13-25-55(53)60(41-15-3-1-4-16-41)43-29-27-37-33-47-48-34-38-28-30-44(61(42-17-5-2-6-18-42)56-26-14-12-24-54(56)59)32-40(38)36-52(48)57(51(47)35-39(37)31-43)49-21-9-7-19-45(49)46-20-8-10-22-50(46)57/h1-36H. The van der Waals surface area contributed by atoms with Crippen LogP contribution in [0.1, 0.15) is 22.3 Å². The Balaban J connectivity index is 1.11. The summed E-state index contributed by atoms with van der Waals surface area (Å²) >= 11 is 0. The number of fused-ring (bicyclic) bond motifs is 12. The fourth-order valence-corrected chi connectivity index (χ4v) is 10.1. The number of halogens is 2. The summed E-state index contributed by atoms with van der Waals surface area (Å²) in [6.45, 7) is 0. The molecule has 0 aliphatic heterocycles. The Hall–Kier alpha value is -7.82. The van der Waals surface area contributed by atoms with Gasteiger partial charge in [0.25, 0.3) is 0 Å². The first-order chi connectivity index (χ1) is 30.1. The molecular weight excluding hydrogens is 751 g/mol. The average molecular weight is 787 g/mol. The summed E-state index contributed by atoms with van der Waals surface area (Å²) in [4.78, 5) is 3.99. The SMILES string of the molecule is Fc1ccccc1N(c1ccccc1)c1ccc2cc3c(cc2c1)C1(c2ccccc2-c2ccccc21)c1cc2cc(N(c4ccccc4)c4ccccc4F)ccc2cc1-3. The maximum atomic E-state index is 15.7. The van der Waals surface area contributed by atoms with Crippen LogP contribution in [0.15, 0.2) is 218 Å². The fourth-order valence-electron chi connectivity index (χ4n) is 10.1. The quantitative estimate of drug-likeness (QED) is 0.166. The van der Waals surface area contributed by atoms with Crippen LogP contribution in [0.4, 0.5) is 42.9 Å². The first-order valence-electron chi connectivity index (χ1n) is 20.6. The minimum atomic E-state index is -0.610. The zero-order valence-electron chi connectivity index (χ0n) is 32.9. The van der Waals surface area contributed by atoms with E-state index < -0.39 is 5.41 Å². The molecule has 0 atom stereocenters. The van der Waals surface area contributed by atoms with E-state index in [4.69, 9.17) is 0 Å². The van der Waals surface area contributed by atoms with Crippen LogP contribution >= 0.6 is 0 Å². The van der Waals surface area contributed by atoms with E-state index in [1.54, 1.807) is 12.1 Å². The van der Waals surface area contributed by atoms with Gasteiger partial charge in [-0.15, -0.1) is 0 Å². The number of hydrogen-bond acceptors (Lipinski definition) is 2. The highest BCUT2D eigenvalue weighted by molar-refractivity contribution is 6.04. The summed E-state index contributed by atoms with van der Waals surface area (Å²) in [5, 5.41) is 4.34. The lowest BCUT2D eigenvalue weighted by Crippen LogP contribution is -2.25. The van der Waals surface area contributed by atoms with E-state index in [0.29, 0.717) is 11.4 Å². The number of nitrogens with zero attached hydrogens (tertiary/aromatic N) is 2. The second-order valence-electron chi connectivity index (χ2n) is 15.9. The van der Waals surface area contributed by atoms with E-state index in [-0.39, 0.29) is 11.6 Å². The predicted octanol–water partition coefficient (Wildman–Crippen LogP) is 15.6. The molecule has 0 N–H and O–H groups in total. The van der Waals surface area contributed by atoms with Gasteiger partial charge in [0.05, 0.1) is 16.8 Å². The minimum Gasteiger partial charge on any atom is -0.308 e. The molecule has 0 radical (unpaired) electrons. The molecule has 0 amide bonds. The van der Waals surface area contributed by atoms with E-state index in [1.807, 2.05) is 94.7 Å². The second kappa shape index (κ2) is 13.6. The van der Waals surface area contributed by atoms with Gasteiger partial charge in [-0.3, -0.25) is 0 Å². The minimum absolute atomic E-state index is 0.287. The first kappa shape index (κ1) is 35.2. The monoisotopic (exact) mass is 786 g/mol. The average Bonchev–Trinajstić information content (AvgIpc) is 3.76. The van der Waals surface area contributed by atoms with Crippen LogP contribution in [0.5, 0.6) is 0 Å². The zero-order valence-corrected chi connectivity index (χ0v) is 32.9. The lowest BCUT2D eigenvalue weighted by molar-refractivity contribution is 0.628. The lowest BCUT2D eigenvalue weighted by atomic mass is 9.70. The van der Waals surface area contributed by atoms with E-state index in [1.165, 1.54) is 56.6 Å². The Bertz CT molecular complexity index is 3130. The van der Waals surface area contributed by atoms with Crippen LogP contribution < -0.4 is 9.80 Å². The van der Waals surface area contributed by atoms with E-state index in [2.05, 4.69) is 109 Å². The summed E-state index contributed by atoms with van der Waals surface area (Å²) < 4.78 is 31.3. The maximum absolute atomic E-state index is 15.7. The molecular formula is C57H36F2N2. The summed E-state index contributed by atoms with van der Waals surface area (Å²) in [5.74, 6) is -0.574. The van der Waals surface area contributed by atoms with Crippen molar-refractivity contribution in [2.45, 2.75) is 5.41 Å². The largest absolute Gasteiger partial charge is 0.308 e. The molecule has 0 aromatic heterocycles. The number of benzene rings is 10. The molecule has 2 nitrogen and oxygen atoms in total. The molecule has 0 heterocycles. The highest BCUT2D eigenvalue weighted by atomic mass is 19.1. The van der Waals surface area contributed by atoms with Crippen LogP contribution in [0.3, 0.4) is 0 Å². The van der Waals surface area contributed by atoms with Crippen LogP contribution in [-0.4, -0.2) is 0 Å². The smallest absolute Gasteiger partial charge is 0.147 e. The fraction of sp³-hybridized carbons (Fsp3) is 0.0175. The van der Waals surface area contributed by atoms with Gasteiger partial charge in [-0.2, -0.15) is 0 Å². The maximum Gasteiger partial charge on any atom is 0.147 e. The normalized spacial score (nSPS) is 12.9. The van der Waals surface area contributed by atoms with Crippen LogP contribution in [-0.2, 0) is 5.41 Å². The van der Waals surface area contributed by atoms with E-state index in [9.17, 15) is 0 Å². The summed E-state index contributed by atoms with van der Waals surface area (Å²) in [6, 6.07) is 73.9. The van der Waals surface area contributed by atoms with Gasteiger partial charge in [0.2, 0.25) is 0 Å². The molecule has 2 aliphatic rings. The molecule has 0 bridgehead atoms. The van der Waals surface area contributed by atoms with Gasteiger partial charge in [0.15, 0.2) is 0 Å². The zero-order chi connectivity index (χ0) is 40.7. The van der Waals surface area contributed by atoms with Crippen molar-refractivity contribution in [3.63, 3.8) is 0 Å². The Morgan fingerprint density at radius 1 is 0.279 bits per heavy atom. The second-order valence-corrected chi connectivity index (χ2v) is 15.9. The highest BCUT2D eigenvalue weighted by Gasteiger charge is 2.51. The third-order valence-corrected chi connectivity index (χ3v) is 12.7.